The van der Waals surface area contributed by atoms with Gasteiger partial charge in [0.1, 0.15) is 11.5 Å². The van der Waals surface area contributed by atoms with Gasteiger partial charge in [0.05, 0.1) is 58.9 Å². The van der Waals surface area contributed by atoms with Crippen LogP contribution in [0.1, 0.15) is 71.8 Å². The number of hydrogen-bond acceptors (Lipinski definition) is 9. The number of unbranched alkanes of at least 4 members (excludes halogenated alkanes) is 2. The summed E-state index contributed by atoms with van der Waals surface area (Å²) in [6.45, 7) is 18.4. The van der Waals surface area contributed by atoms with E-state index in [4.69, 9.17) is 31.3 Å². The number of benzene rings is 1. The van der Waals surface area contributed by atoms with E-state index in [1.54, 1.807) is 0 Å². The first-order valence-corrected chi connectivity index (χ1v) is 15.3. The molecule has 0 radical (unpaired) electrons. The smallest absolute Gasteiger partial charge is 0.308 e. The van der Waals surface area contributed by atoms with Crippen LogP contribution < -0.4 is 15.2 Å². The van der Waals surface area contributed by atoms with Crippen LogP contribution in [0.5, 0.6) is 11.5 Å². The number of hydrogen-bond donors (Lipinski definition) is 1. The first-order valence-electron chi connectivity index (χ1n) is 13.7. The minimum Gasteiger partial charge on any atom is -0.492 e. The van der Waals surface area contributed by atoms with Gasteiger partial charge in [-0.05, 0) is 57.1 Å². The number of thioether (sulfide) groups is 2. The largest absolute Gasteiger partial charge is 0.492 e. The van der Waals surface area contributed by atoms with Crippen LogP contribution in [0.4, 0.5) is 0 Å². The second-order valence-electron chi connectivity index (χ2n) is 9.56. The number of carbonyl (C=O) groups excluding carboxylic acids is 3. The van der Waals surface area contributed by atoms with E-state index in [0.29, 0.717) is 67.8 Å². The summed E-state index contributed by atoms with van der Waals surface area (Å²) in [4.78, 5) is 40.4. The first-order chi connectivity index (χ1) is 19.1. The molecule has 0 spiro atoms. The molecule has 0 saturated heterocycles. The molecule has 1 aliphatic rings. The topological polar surface area (TPSA) is 119 Å². The van der Waals surface area contributed by atoms with Crippen LogP contribution in [0.2, 0.25) is 0 Å². The maximum atomic E-state index is 11.9. The average Bonchev–Trinajstić information content (AvgIpc) is 3.37. The molecule has 1 heterocycles. The van der Waals surface area contributed by atoms with Crippen LogP contribution in [-0.2, 0) is 23.9 Å². The van der Waals surface area contributed by atoms with Gasteiger partial charge in [-0.25, -0.2) is 4.85 Å². The molecular formula is C29H40N2O7S2. The van der Waals surface area contributed by atoms with Gasteiger partial charge in [-0.15, -0.1) is 0 Å². The number of aryl methyl sites for hydroxylation is 1. The molecule has 220 valence electrons. The van der Waals surface area contributed by atoms with E-state index >= 15 is 0 Å². The molecule has 2 atom stereocenters. The number of primary amides is 1. The molecule has 0 saturated carbocycles. The van der Waals surface area contributed by atoms with Crippen molar-refractivity contribution in [3.8, 4) is 11.5 Å². The van der Waals surface area contributed by atoms with Gasteiger partial charge in [-0.2, -0.15) is 0 Å². The third-order valence-electron chi connectivity index (χ3n) is 6.37. The lowest BCUT2D eigenvalue weighted by molar-refractivity contribution is -0.149. The molecule has 2 unspecified atom stereocenters. The van der Waals surface area contributed by atoms with Crippen molar-refractivity contribution in [2.75, 3.05) is 26.4 Å². The Labute approximate surface area is 245 Å². The highest BCUT2D eigenvalue weighted by Gasteiger charge is 2.31. The van der Waals surface area contributed by atoms with Crippen molar-refractivity contribution in [1.29, 1.82) is 0 Å². The Morgan fingerprint density at radius 1 is 0.875 bits per heavy atom. The molecule has 1 aromatic rings. The van der Waals surface area contributed by atoms with Crippen molar-refractivity contribution >= 4 is 41.4 Å². The molecule has 11 heteroatoms. The minimum atomic E-state index is -0.779. The fourth-order valence-electron chi connectivity index (χ4n) is 3.43. The predicted octanol–water partition coefficient (Wildman–Crippen LogP) is 6.26. The Bertz CT molecular complexity index is 1130. The minimum absolute atomic E-state index is 0.104. The summed E-state index contributed by atoms with van der Waals surface area (Å²) >= 11 is 2.56. The molecule has 0 bridgehead atoms. The van der Waals surface area contributed by atoms with E-state index in [1.165, 1.54) is 23.5 Å². The zero-order valence-corrected chi connectivity index (χ0v) is 25.6. The average molecular weight is 593 g/mol. The monoisotopic (exact) mass is 592 g/mol. The van der Waals surface area contributed by atoms with Gasteiger partial charge in [0.25, 0.3) is 5.70 Å². The van der Waals surface area contributed by atoms with Crippen LogP contribution >= 0.6 is 23.5 Å². The van der Waals surface area contributed by atoms with Gasteiger partial charge in [0.15, 0.2) is 0 Å². The third-order valence-corrected chi connectivity index (χ3v) is 8.96. The molecule has 40 heavy (non-hydrogen) atoms. The molecule has 2 rings (SSSR count). The second-order valence-corrected chi connectivity index (χ2v) is 11.9. The number of ether oxygens (including phenoxy) is 4. The van der Waals surface area contributed by atoms with Crippen LogP contribution in [-0.4, -0.2) is 44.3 Å². The second kappa shape index (κ2) is 17.1. The highest BCUT2D eigenvalue weighted by Crippen LogP contribution is 2.59. The first kappa shape index (κ1) is 33.4. The zero-order valence-electron chi connectivity index (χ0n) is 24.0. The summed E-state index contributed by atoms with van der Waals surface area (Å²) in [5.41, 5.74) is 6.19. The van der Waals surface area contributed by atoms with Gasteiger partial charge < -0.3 is 24.7 Å². The van der Waals surface area contributed by atoms with Gasteiger partial charge in [-0.3, -0.25) is 14.4 Å². The number of amides is 1. The van der Waals surface area contributed by atoms with E-state index in [0.717, 1.165) is 28.2 Å². The molecule has 0 aliphatic carbocycles. The molecular weight excluding hydrogens is 552 g/mol. The van der Waals surface area contributed by atoms with E-state index in [2.05, 4.69) is 4.85 Å². The van der Waals surface area contributed by atoms with Gasteiger partial charge in [0, 0.05) is 0 Å². The fourth-order valence-corrected chi connectivity index (χ4v) is 6.11. The summed E-state index contributed by atoms with van der Waals surface area (Å²) in [7, 11) is 0. The van der Waals surface area contributed by atoms with Crippen LogP contribution in [0.25, 0.3) is 4.85 Å². The molecule has 1 aromatic carbocycles. The Morgan fingerprint density at radius 3 is 1.88 bits per heavy atom. The van der Waals surface area contributed by atoms with Crippen molar-refractivity contribution in [3.05, 3.63) is 33.0 Å². The van der Waals surface area contributed by atoms with Crippen molar-refractivity contribution in [2.45, 2.75) is 82.9 Å². The normalized spacial score (nSPS) is 14.9. The fraction of sp³-hybridized carbons (Fsp3) is 0.586. The quantitative estimate of drug-likeness (QED) is 0.0967. The molecule has 9 nitrogen and oxygen atoms in total. The zero-order chi connectivity index (χ0) is 29.7. The standard InChI is InChI=1S/C29H40N2O7S2/c1-7-18(3)27(33)37-15-11-9-13-35-21-17-20(5)23(36-14-10-12-16-38-28(34)19(4)8-2)25-24(21)39-29(40-25)22(31-6)26(30)32/h17-19H,7-16H2,1-5H3,(H2,30,32)/b29-22+. The van der Waals surface area contributed by atoms with Gasteiger partial charge >= 0.3 is 11.9 Å². The number of nitrogens with zero attached hydrogens (tertiary/aromatic N) is 1. The number of carbonyl (C=O) groups is 3. The predicted molar refractivity (Wildman–Crippen MR) is 156 cm³/mol. The Kier molecular flexibility index (Phi) is 14.2. The number of esters is 2. The van der Waals surface area contributed by atoms with Crippen LogP contribution in [0, 0.1) is 25.3 Å². The third kappa shape index (κ3) is 9.66. The van der Waals surface area contributed by atoms with Crippen molar-refractivity contribution in [3.63, 3.8) is 0 Å². The lowest BCUT2D eigenvalue weighted by Crippen LogP contribution is -2.15. The highest BCUT2D eigenvalue weighted by atomic mass is 32.2. The van der Waals surface area contributed by atoms with E-state index in [1.807, 2.05) is 40.7 Å². The SMILES string of the molecule is [C-]#[N+]/C(C(N)=O)=C1\Sc2c(OCCCCOC(=O)C(C)CC)cc(C)c(OCCCCOC(=O)C(C)CC)c2S1. The Hall–Kier alpha value is -2.84. The maximum Gasteiger partial charge on any atom is 0.308 e. The van der Waals surface area contributed by atoms with Gasteiger partial charge in [-0.1, -0.05) is 51.2 Å². The summed E-state index contributed by atoms with van der Waals surface area (Å²) in [6, 6.07) is 1.89. The molecule has 1 aliphatic heterocycles. The van der Waals surface area contributed by atoms with Crippen LogP contribution in [0.3, 0.4) is 0 Å². The molecule has 2 N–H and O–H groups in total. The van der Waals surface area contributed by atoms with Crippen molar-refractivity contribution in [1.82, 2.24) is 0 Å². The molecule has 1 amide bonds. The Morgan fingerprint density at radius 2 is 1.38 bits per heavy atom. The number of fused-ring (bicyclic) bond motifs is 1. The van der Waals surface area contributed by atoms with E-state index < -0.39 is 5.91 Å². The molecule has 0 fully saturated rings. The number of rotatable bonds is 17. The van der Waals surface area contributed by atoms with Crippen LogP contribution in [0.15, 0.2) is 25.8 Å². The van der Waals surface area contributed by atoms with Crippen molar-refractivity contribution < 1.29 is 33.3 Å². The summed E-state index contributed by atoms with van der Waals surface area (Å²) in [6.07, 6.45) is 4.23. The Balaban J connectivity index is 2.04. The summed E-state index contributed by atoms with van der Waals surface area (Å²) < 4.78 is 23.3. The van der Waals surface area contributed by atoms with Crippen molar-refractivity contribution in [2.24, 2.45) is 17.6 Å². The molecule has 0 aromatic heterocycles. The summed E-state index contributed by atoms with van der Waals surface area (Å²) in [5, 5.41) is 0. The highest BCUT2D eigenvalue weighted by molar-refractivity contribution is 8.24. The summed E-state index contributed by atoms with van der Waals surface area (Å²) in [5.74, 6) is -0.0562. The maximum absolute atomic E-state index is 11.9. The lowest BCUT2D eigenvalue weighted by Gasteiger charge is -2.17. The number of nitrogens with two attached hydrogens (primary N) is 1. The lowest BCUT2D eigenvalue weighted by atomic mass is 10.1. The van der Waals surface area contributed by atoms with E-state index in [9.17, 15) is 14.4 Å². The van der Waals surface area contributed by atoms with Gasteiger partial charge in [0.2, 0.25) is 5.91 Å². The van der Waals surface area contributed by atoms with E-state index in [-0.39, 0.29) is 29.5 Å².